The minimum absolute atomic E-state index is 0.0165. The Kier molecular flexibility index (Phi) is 9.11. The lowest BCUT2D eigenvalue weighted by atomic mass is 10.0. The number of sulfonamides is 1. The van der Waals surface area contributed by atoms with Crippen molar-refractivity contribution in [3.8, 4) is 0 Å². The first kappa shape index (κ1) is 25.9. The van der Waals surface area contributed by atoms with E-state index in [0.717, 1.165) is 40.6 Å². The molecule has 1 aliphatic rings. The van der Waals surface area contributed by atoms with Crippen LogP contribution in [0.1, 0.15) is 39.2 Å². The summed E-state index contributed by atoms with van der Waals surface area (Å²) >= 11 is 3.37. The summed E-state index contributed by atoms with van der Waals surface area (Å²) in [7, 11) is -4.04. The maximum Gasteiger partial charge on any atom is 0.262 e. The summed E-state index contributed by atoms with van der Waals surface area (Å²) < 4.78 is 31.0. The summed E-state index contributed by atoms with van der Waals surface area (Å²) in [5.41, 5.74) is 3.42. The number of hydrogen-bond donors (Lipinski definition) is 2. The fourth-order valence-corrected chi connectivity index (χ4v) is 7.86. The molecule has 0 saturated carbocycles. The number of hydrogen-bond acceptors (Lipinski definition) is 7. The van der Waals surface area contributed by atoms with Crippen molar-refractivity contribution in [3.05, 3.63) is 54.1 Å². The summed E-state index contributed by atoms with van der Waals surface area (Å²) in [5.74, 6) is 0.680. The number of benzene rings is 2. The Labute approximate surface area is 205 Å². The van der Waals surface area contributed by atoms with E-state index in [2.05, 4.69) is 11.2 Å². The number of hydroxylamine groups is 1. The van der Waals surface area contributed by atoms with Gasteiger partial charge in [0.2, 0.25) is 10.0 Å². The summed E-state index contributed by atoms with van der Waals surface area (Å²) in [6, 6.07) is 13.2. The molecule has 10 heteroatoms. The van der Waals surface area contributed by atoms with Crippen molar-refractivity contribution < 1.29 is 18.4 Å². The quantitative estimate of drug-likeness (QED) is 0.196. The predicted octanol–water partition coefficient (Wildman–Crippen LogP) is 4.73. The van der Waals surface area contributed by atoms with Crippen LogP contribution in [-0.4, -0.2) is 41.5 Å². The van der Waals surface area contributed by atoms with Gasteiger partial charge >= 0.3 is 0 Å². The Hall–Kier alpha value is -1.72. The lowest BCUT2D eigenvalue weighted by molar-refractivity contribution is -0.134. The molecule has 2 N–H and O–H groups in total. The average molecular weight is 510 g/mol. The lowest BCUT2D eigenvalue weighted by Crippen LogP contribution is -2.51. The molecule has 0 unspecified atom stereocenters. The fourth-order valence-electron chi connectivity index (χ4n) is 3.66. The number of unbranched alkanes of at least 4 members (excludes halogenated alkanes) is 1. The Morgan fingerprint density at radius 1 is 1.24 bits per heavy atom. The number of carbonyl (C=O) groups excluding carboxylic acids is 1. The van der Waals surface area contributed by atoms with Gasteiger partial charge < -0.3 is 4.31 Å². The number of carbonyl (C=O) groups is 1. The Bertz CT molecular complexity index is 1050. The molecule has 0 fully saturated rings. The van der Waals surface area contributed by atoms with Gasteiger partial charge in [0.05, 0.1) is 16.5 Å². The Morgan fingerprint density at radius 3 is 2.61 bits per heavy atom. The van der Waals surface area contributed by atoms with Crippen LogP contribution in [0, 0.1) is 5.92 Å². The van der Waals surface area contributed by atoms with Crippen molar-refractivity contribution in [1.29, 1.82) is 0 Å². The molecule has 7 nitrogen and oxygen atoms in total. The largest absolute Gasteiger partial charge is 0.305 e. The van der Waals surface area contributed by atoms with E-state index in [9.17, 15) is 18.4 Å². The number of thioether (sulfide) groups is 1. The van der Waals surface area contributed by atoms with Gasteiger partial charge in [-0.1, -0.05) is 57.5 Å². The predicted molar refractivity (Wildman–Crippen MR) is 135 cm³/mol. The molecule has 2 aromatic carbocycles. The Balaban J connectivity index is 1.97. The second-order valence-electron chi connectivity index (χ2n) is 8.17. The van der Waals surface area contributed by atoms with Crippen LogP contribution in [0.25, 0.3) is 0 Å². The van der Waals surface area contributed by atoms with Crippen LogP contribution in [-0.2, 0) is 21.4 Å². The van der Waals surface area contributed by atoms with Crippen LogP contribution < -0.4 is 9.79 Å². The third-order valence-corrected chi connectivity index (χ3v) is 9.51. The first-order valence-electron chi connectivity index (χ1n) is 11.0. The van der Waals surface area contributed by atoms with Crippen LogP contribution >= 0.6 is 23.7 Å². The molecule has 2 aromatic rings. The average Bonchev–Trinajstić information content (AvgIpc) is 3.21. The van der Waals surface area contributed by atoms with E-state index in [1.807, 2.05) is 36.4 Å². The SMILES string of the molecule is CCCCSN1CSc2cc(S(=O)(=O)N(Cc3ccccc3)[C@@H](C(=O)NO)C(C)C)ccc21. The van der Waals surface area contributed by atoms with E-state index in [0.29, 0.717) is 0 Å². The van der Waals surface area contributed by atoms with E-state index < -0.39 is 22.0 Å². The molecule has 0 aromatic heterocycles. The van der Waals surface area contributed by atoms with Crippen molar-refractivity contribution in [2.75, 3.05) is 15.9 Å². The highest BCUT2D eigenvalue weighted by Gasteiger charge is 2.38. The summed E-state index contributed by atoms with van der Waals surface area (Å²) in [5, 5.41) is 9.32. The van der Waals surface area contributed by atoms with Gasteiger partial charge in [-0.15, -0.1) is 11.8 Å². The minimum Gasteiger partial charge on any atom is -0.305 e. The number of nitrogens with zero attached hydrogens (tertiary/aromatic N) is 2. The standard InChI is InChI=1S/C23H31N3O4S3/c1-4-5-13-32-25-16-31-21-14-19(11-12-20(21)25)33(29,30)26(15-18-9-7-6-8-10-18)22(17(2)3)23(27)24-28/h6-12,14,17,22,28H,4-5,13,15-16H2,1-3H3,(H,24,27)/t22-/m1/s1. The van der Waals surface area contributed by atoms with Crippen molar-refractivity contribution in [3.63, 3.8) is 0 Å². The van der Waals surface area contributed by atoms with Gasteiger partial charge in [-0.2, -0.15) is 4.31 Å². The molecule has 0 bridgehead atoms. The highest BCUT2D eigenvalue weighted by atomic mass is 32.2. The molecule has 33 heavy (non-hydrogen) atoms. The highest BCUT2D eigenvalue weighted by molar-refractivity contribution is 8.04. The number of fused-ring (bicyclic) bond motifs is 1. The van der Waals surface area contributed by atoms with Gasteiger partial charge in [-0.25, -0.2) is 13.9 Å². The monoisotopic (exact) mass is 509 g/mol. The van der Waals surface area contributed by atoms with Gasteiger partial charge in [0.15, 0.2) is 0 Å². The zero-order valence-corrected chi connectivity index (χ0v) is 21.5. The van der Waals surface area contributed by atoms with E-state index in [1.54, 1.807) is 55.2 Å². The van der Waals surface area contributed by atoms with Crippen molar-refractivity contribution in [1.82, 2.24) is 9.79 Å². The third-order valence-electron chi connectivity index (χ3n) is 5.39. The second kappa shape index (κ2) is 11.6. The molecule has 0 spiro atoms. The normalized spacial score (nSPS) is 14.5. The van der Waals surface area contributed by atoms with Crippen molar-refractivity contribution in [2.45, 2.75) is 56.0 Å². The summed E-state index contributed by atoms with van der Waals surface area (Å²) in [6.45, 7) is 5.70. The molecule has 1 atom stereocenters. The highest BCUT2D eigenvalue weighted by Crippen LogP contribution is 2.43. The molecule has 3 rings (SSSR count). The number of amides is 1. The smallest absolute Gasteiger partial charge is 0.262 e. The summed E-state index contributed by atoms with van der Waals surface area (Å²) in [4.78, 5) is 13.6. The van der Waals surface area contributed by atoms with Crippen LogP contribution in [0.4, 0.5) is 5.69 Å². The number of rotatable bonds is 11. The molecule has 0 saturated heterocycles. The number of nitrogens with one attached hydrogen (secondary N) is 1. The fraction of sp³-hybridized carbons (Fsp3) is 0.435. The van der Waals surface area contributed by atoms with Crippen LogP contribution in [0.3, 0.4) is 0 Å². The topological polar surface area (TPSA) is 90.0 Å². The number of anilines is 1. The van der Waals surface area contributed by atoms with Crippen LogP contribution in [0.5, 0.6) is 0 Å². The molecule has 180 valence electrons. The third kappa shape index (κ3) is 6.05. The van der Waals surface area contributed by atoms with Gasteiger partial charge in [-0.3, -0.25) is 10.0 Å². The molecule has 1 heterocycles. The maximum atomic E-state index is 13.8. The van der Waals surface area contributed by atoms with Crippen molar-refractivity contribution >= 4 is 45.3 Å². The van der Waals surface area contributed by atoms with E-state index in [-0.39, 0.29) is 17.4 Å². The van der Waals surface area contributed by atoms with Gasteiger partial charge in [0.25, 0.3) is 5.91 Å². The molecule has 0 radical (unpaired) electrons. The maximum absolute atomic E-state index is 13.8. The molecule has 1 amide bonds. The van der Waals surface area contributed by atoms with Crippen LogP contribution in [0.15, 0.2) is 58.3 Å². The first-order chi connectivity index (χ1) is 15.8. The first-order valence-corrected chi connectivity index (χ1v) is 14.3. The van der Waals surface area contributed by atoms with Gasteiger partial charge in [0, 0.05) is 17.2 Å². The van der Waals surface area contributed by atoms with Crippen LogP contribution in [0.2, 0.25) is 0 Å². The zero-order valence-electron chi connectivity index (χ0n) is 19.1. The molecular weight excluding hydrogens is 478 g/mol. The lowest BCUT2D eigenvalue weighted by Gasteiger charge is -2.32. The van der Waals surface area contributed by atoms with E-state index in [1.165, 1.54) is 4.31 Å². The van der Waals surface area contributed by atoms with Gasteiger partial charge in [0.1, 0.15) is 6.04 Å². The second-order valence-corrected chi connectivity index (χ2v) is 12.2. The van der Waals surface area contributed by atoms with Gasteiger partial charge in [-0.05, 0) is 48.0 Å². The Morgan fingerprint density at radius 2 is 1.97 bits per heavy atom. The molecular formula is C23H31N3O4S3. The zero-order chi connectivity index (χ0) is 24.0. The van der Waals surface area contributed by atoms with E-state index in [4.69, 9.17) is 0 Å². The minimum atomic E-state index is -4.04. The molecule has 0 aliphatic carbocycles. The molecule has 1 aliphatic heterocycles. The summed E-state index contributed by atoms with van der Waals surface area (Å²) in [6.07, 6.45) is 2.26. The van der Waals surface area contributed by atoms with Crippen molar-refractivity contribution in [2.24, 2.45) is 5.92 Å². The van der Waals surface area contributed by atoms with E-state index >= 15 is 0 Å².